The van der Waals surface area contributed by atoms with Crippen LogP contribution in [0.5, 0.6) is 0 Å². The van der Waals surface area contributed by atoms with Crippen molar-refractivity contribution in [2.24, 2.45) is 11.3 Å². The Hall–Kier alpha value is -0.0800. The predicted octanol–water partition coefficient (Wildman–Crippen LogP) is 3.28. The Balaban J connectivity index is 1.90. The van der Waals surface area contributed by atoms with E-state index >= 15 is 0 Å². The zero-order valence-electron chi connectivity index (χ0n) is 11.7. The molecule has 0 bridgehead atoms. The minimum Gasteiger partial charge on any atom is -0.390 e. The molecule has 1 saturated heterocycles. The molecule has 0 aromatic rings. The minimum absolute atomic E-state index is 0.0845. The third-order valence-electron chi connectivity index (χ3n) is 6.15. The van der Waals surface area contributed by atoms with Gasteiger partial charge in [-0.1, -0.05) is 6.92 Å². The van der Waals surface area contributed by atoms with Gasteiger partial charge >= 0.3 is 0 Å². The first-order valence-corrected chi connectivity index (χ1v) is 7.15. The Morgan fingerprint density at radius 1 is 1.18 bits per heavy atom. The van der Waals surface area contributed by atoms with Gasteiger partial charge in [-0.05, 0) is 70.6 Å². The summed E-state index contributed by atoms with van der Waals surface area (Å²) in [5.41, 5.74) is 0.00717. The van der Waals surface area contributed by atoms with Gasteiger partial charge in [0.1, 0.15) is 5.60 Å². The molecule has 0 aromatic heterocycles. The summed E-state index contributed by atoms with van der Waals surface area (Å²) >= 11 is 0. The number of hydrogen-bond donors (Lipinski definition) is 1. The van der Waals surface area contributed by atoms with E-state index in [4.69, 9.17) is 4.74 Å². The van der Waals surface area contributed by atoms with E-state index in [0.29, 0.717) is 11.3 Å². The topological polar surface area (TPSA) is 32.8 Å². The molecule has 1 N–H and O–H groups in total. The summed E-state index contributed by atoms with van der Waals surface area (Å²) in [6, 6.07) is 0. The van der Waals surface area contributed by atoms with Crippen molar-refractivity contribution in [1.29, 1.82) is 0 Å². The highest BCUT2D eigenvalue weighted by molar-refractivity contribution is 5.25. The van der Waals surface area contributed by atoms with Crippen LogP contribution in [-0.4, -0.2) is 21.9 Å². The Morgan fingerprint density at radius 2 is 1.88 bits per heavy atom. The fourth-order valence-corrected chi connectivity index (χ4v) is 4.77. The van der Waals surface area contributed by atoms with Crippen LogP contribution in [0.15, 0.2) is 0 Å². The van der Waals surface area contributed by atoms with Gasteiger partial charge in [-0.25, -0.2) is 0 Å². The van der Waals surface area contributed by atoms with Gasteiger partial charge in [0, 0.05) is 0 Å². The van der Waals surface area contributed by atoms with Crippen LogP contribution in [-0.2, 0) is 4.74 Å². The van der Waals surface area contributed by atoms with Gasteiger partial charge in [-0.3, -0.25) is 0 Å². The van der Waals surface area contributed by atoms with Crippen LogP contribution >= 0.6 is 0 Å². The second-order valence-electron chi connectivity index (χ2n) is 7.67. The second-order valence-corrected chi connectivity index (χ2v) is 7.67. The smallest absolute Gasteiger partial charge is 0.103 e. The average Bonchev–Trinajstić information content (AvgIpc) is 2.79. The van der Waals surface area contributed by atoms with Crippen LogP contribution in [0.1, 0.15) is 66.2 Å². The quantitative estimate of drug-likeness (QED) is 0.711. The molecule has 2 heteroatoms. The van der Waals surface area contributed by atoms with E-state index in [1.165, 1.54) is 25.7 Å². The summed E-state index contributed by atoms with van der Waals surface area (Å²) in [6.45, 7) is 8.62. The number of aliphatic hydroxyl groups is 1. The normalized spacial score (nSPS) is 53.8. The number of epoxide rings is 1. The first kappa shape index (κ1) is 12.0. The van der Waals surface area contributed by atoms with Gasteiger partial charge in [0.25, 0.3) is 0 Å². The third kappa shape index (κ3) is 1.40. The Bertz CT molecular complexity index is 345. The highest BCUT2D eigenvalue weighted by Crippen LogP contribution is 2.71. The molecule has 1 spiro atoms. The van der Waals surface area contributed by atoms with Crippen LogP contribution in [0.2, 0.25) is 0 Å². The molecule has 0 aromatic carbocycles. The van der Waals surface area contributed by atoms with Gasteiger partial charge in [-0.15, -0.1) is 0 Å². The highest BCUT2D eigenvalue weighted by atomic mass is 16.6. The molecule has 3 rings (SSSR count). The van der Waals surface area contributed by atoms with Crippen molar-refractivity contribution >= 4 is 0 Å². The first-order chi connectivity index (χ1) is 7.73. The summed E-state index contributed by atoms with van der Waals surface area (Å²) in [5, 5.41) is 10.3. The fourth-order valence-electron chi connectivity index (χ4n) is 4.77. The lowest BCUT2D eigenvalue weighted by Gasteiger charge is -2.49. The van der Waals surface area contributed by atoms with E-state index in [0.717, 1.165) is 12.8 Å². The van der Waals surface area contributed by atoms with E-state index in [1.807, 2.05) is 13.8 Å². The maximum atomic E-state index is 10.3. The third-order valence-corrected chi connectivity index (χ3v) is 6.15. The predicted molar refractivity (Wildman–Crippen MR) is 67.8 cm³/mol. The molecule has 2 saturated carbocycles. The standard InChI is InChI=1S/C15H26O2/c1-12(2,16)11-6-9-13(3)7-5-8-14(4)15(13,10-11)17-14/h11,16H,5-10H2,1-4H3/t11-,13+,14+,15-/m1/s1. The molecular formula is C15H26O2. The Kier molecular flexibility index (Phi) is 2.17. The molecule has 4 atom stereocenters. The summed E-state index contributed by atoms with van der Waals surface area (Å²) in [4.78, 5) is 0. The van der Waals surface area contributed by atoms with Crippen molar-refractivity contribution in [3.05, 3.63) is 0 Å². The molecule has 0 amide bonds. The maximum Gasteiger partial charge on any atom is 0.103 e. The molecule has 2 aliphatic carbocycles. The van der Waals surface area contributed by atoms with Crippen LogP contribution in [0, 0.1) is 11.3 Å². The molecule has 98 valence electrons. The summed E-state index contributed by atoms with van der Waals surface area (Å²) in [7, 11) is 0. The van der Waals surface area contributed by atoms with Gasteiger partial charge in [0.2, 0.25) is 0 Å². The van der Waals surface area contributed by atoms with Crippen molar-refractivity contribution in [1.82, 2.24) is 0 Å². The van der Waals surface area contributed by atoms with Gasteiger partial charge in [0.05, 0.1) is 11.2 Å². The lowest BCUT2D eigenvalue weighted by molar-refractivity contribution is -0.0580. The lowest BCUT2D eigenvalue weighted by atomic mass is 9.53. The SMILES string of the molecule is CC(C)(O)[C@@H]1CC[C@]2(C)CCC[C@]3(C)O[C@]23C1. The van der Waals surface area contributed by atoms with Crippen molar-refractivity contribution in [3.8, 4) is 0 Å². The summed E-state index contributed by atoms with van der Waals surface area (Å²) in [6.07, 6.45) is 7.26. The van der Waals surface area contributed by atoms with Crippen LogP contribution < -0.4 is 0 Å². The number of rotatable bonds is 1. The lowest BCUT2D eigenvalue weighted by Crippen LogP contribution is -2.52. The maximum absolute atomic E-state index is 10.3. The van der Waals surface area contributed by atoms with Crippen molar-refractivity contribution in [3.63, 3.8) is 0 Å². The Morgan fingerprint density at radius 3 is 2.53 bits per heavy atom. The van der Waals surface area contributed by atoms with Crippen molar-refractivity contribution < 1.29 is 9.84 Å². The molecule has 1 heterocycles. The summed E-state index contributed by atoms with van der Waals surface area (Å²) in [5.74, 6) is 0.399. The van der Waals surface area contributed by atoms with Crippen LogP contribution in [0.3, 0.4) is 0 Å². The molecular weight excluding hydrogens is 212 g/mol. The molecule has 3 aliphatic rings. The van der Waals surface area contributed by atoms with Crippen LogP contribution in [0.25, 0.3) is 0 Å². The molecule has 0 unspecified atom stereocenters. The van der Waals surface area contributed by atoms with Gasteiger partial charge < -0.3 is 9.84 Å². The van der Waals surface area contributed by atoms with E-state index < -0.39 is 5.60 Å². The molecule has 2 nitrogen and oxygen atoms in total. The second kappa shape index (κ2) is 3.08. The van der Waals surface area contributed by atoms with E-state index in [2.05, 4.69) is 13.8 Å². The summed E-state index contributed by atoms with van der Waals surface area (Å²) < 4.78 is 6.27. The first-order valence-electron chi connectivity index (χ1n) is 7.15. The van der Waals surface area contributed by atoms with Crippen molar-refractivity contribution in [2.45, 2.75) is 83.0 Å². The van der Waals surface area contributed by atoms with E-state index in [9.17, 15) is 5.11 Å². The zero-order chi connectivity index (χ0) is 12.5. The van der Waals surface area contributed by atoms with Gasteiger partial charge in [-0.2, -0.15) is 0 Å². The largest absolute Gasteiger partial charge is 0.390 e. The fraction of sp³-hybridized carbons (Fsp3) is 1.00. The minimum atomic E-state index is -0.555. The highest BCUT2D eigenvalue weighted by Gasteiger charge is 2.77. The molecule has 1 aliphatic heterocycles. The van der Waals surface area contributed by atoms with Crippen LogP contribution in [0.4, 0.5) is 0 Å². The van der Waals surface area contributed by atoms with E-state index in [1.54, 1.807) is 0 Å². The van der Waals surface area contributed by atoms with Gasteiger partial charge in [0.15, 0.2) is 0 Å². The monoisotopic (exact) mass is 238 g/mol. The Labute approximate surface area is 105 Å². The molecule has 3 fully saturated rings. The molecule has 17 heavy (non-hydrogen) atoms. The number of hydrogen-bond acceptors (Lipinski definition) is 2. The van der Waals surface area contributed by atoms with Crippen molar-refractivity contribution in [2.75, 3.05) is 0 Å². The number of ether oxygens (including phenoxy) is 1. The zero-order valence-corrected chi connectivity index (χ0v) is 11.7. The van der Waals surface area contributed by atoms with E-state index in [-0.39, 0.29) is 11.2 Å². The average molecular weight is 238 g/mol. The molecule has 0 radical (unpaired) electrons.